The van der Waals surface area contributed by atoms with Gasteiger partial charge in [-0.25, -0.2) is 0 Å². The van der Waals surface area contributed by atoms with E-state index in [9.17, 15) is 4.79 Å². The Morgan fingerprint density at radius 1 is 1.28 bits per heavy atom. The molecule has 1 heterocycles. The summed E-state index contributed by atoms with van der Waals surface area (Å²) in [6.07, 6.45) is 0.868. The van der Waals surface area contributed by atoms with E-state index in [2.05, 4.69) is 10.6 Å². The molecular formula is C13H18N2O3. The molecule has 2 rings (SSSR count). The number of likely N-dealkylation sites (N-methyl/N-ethyl adjacent to an activating group) is 1. The number of amides is 1. The lowest BCUT2D eigenvalue weighted by Crippen LogP contribution is -2.35. The van der Waals surface area contributed by atoms with Gasteiger partial charge in [-0.2, -0.15) is 0 Å². The SMILES string of the molecule is CNC(C)C(=O)Nc1ccc2c(c1)OCCCO2. The molecule has 1 aromatic carbocycles. The second kappa shape index (κ2) is 5.73. The van der Waals surface area contributed by atoms with Crippen LogP contribution in [0.1, 0.15) is 13.3 Å². The average molecular weight is 250 g/mol. The first-order valence-corrected chi connectivity index (χ1v) is 6.08. The first-order valence-electron chi connectivity index (χ1n) is 6.08. The Labute approximate surface area is 106 Å². The van der Waals surface area contributed by atoms with Crippen LogP contribution in [0, 0.1) is 0 Å². The zero-order valence-electron chi connectivity index (χ0n) is 10.7. The molecule has 5 heteroatoms. The summed E-state index contributed by atoms with van der Waals surface area (Å²) >= 11 is 0. The highest BCUT2D eigenvalue weighted by Gasteiger charge is 2.14. The van der Waals surface area contributed by atoms with Gasteiger partial charge in [0.1, 0.15) is 0 Å². The molecule has 1 aliphatic heterocycles. The molecule has 1 aliphatic rings. The lowest BCUT2D eigenvalue weighted by Gasteiger charge is -2.13. The number of rotatable bonds is 3. The van der Waals surface area contributed by atoms with Crippen LogP contribution in [0.4, 0.5) is 5.69 Å². The number of ether oxygens (including phenoxy) is 2. The van der Waals surface area contributed by atoms with E-state index in [-0.39, 0.29) is 11.9 Å². The molecule has 1 atom stereocenters. The quantitative estimate of drug-likeness (QED) is 0.851. The molecule has 1 unspecified atom stereocenters. The third-order valence-corrected chi connectivity index (χ3v) is 2.84. The minimum atomic E-state index is -0.235. The number of carbonyl (C=O) groups excluding carboxylic acids is 1. The summed E-state index contributed by atoms with van der Waals surface area (Å²) in [7, 11) is 1.75. The molecular weight excluding hydrogens is 232 g/mol. The summed E-state index contributed by atoms with van der Waals surface area (Å²) in [6, 6.07) is 5.19. The van der Waals surface area contributed by atoms with Crippen molar-refractivity contribution in [2.24, 2.45) is 0 Å². The zero-order valence-corrected chi connectivity index (χ0v) is 10.7. The van der Waals surface area contributed by atoms with Crippen LogP contribution in [0.25, 0.3) is 0 Å². The highest BCUT2D eigenvalue weighted by atomic mass is 16.5. The van der Waals surface area contributed by atoms with Crippen LogP contribution in [-0.2, 0) is 4.79 Å². The van der Waals surface area contributed by atoms with Gasteiger partial charge in [0.2, 0.25) is 5.91 Å². The summed E-state index contributed by atoms with van der Waals surface area (Å²) in [5.74, 6) is 1.33. The van der Waals surface area contributed by atoms with Gasteiger partial charge in [0.25, 0.3) is 0 Å². The van der Waals surface area contributed by atoms with E-state index in [0.29, 0.717) is 24.7 Å². The van der Waals surface area contributed by atoms with Gasteiger partial charge < -0.3 is 20.1 Å². The number of benzene rings is 1. The fourth-order valence-corrected chi connectivity index (χ4v) is 1.62. The van der Waals surface area contributed by atoms with Crippen LogP contribution in [0.15, 0.2) is 18.2 Å². The number of hydrogen-bond donors (Lipinski definition) is 2. The number of nitrogens with one attached hydrogen (secondary N) is 2. The molecule has 0 aliphatic carbocycles. The van der Waals surface area contributed by atoms with Gasteiger partial charge in [0.15, 0.2) is 11.5 Å². The van der Waals surface area contributed by atoms with Crippen LogP contribution >= 0.6 is 0 Å². The third-order valence-electron chi connectivity index (χ3n) is 2.84. The smallest absolute Gasteiger partial charge is 0.241 e. The first kappa shape index (κ1) is 12.7. The Balaban J connectivity index is 2.11. The molecule has 1 amide bonds. The van der Waals surface area contributed by atoms with Crippen LogP contribution in [0.5, 0.6) is 11.5 Å². The van der Waals surface area contributed by atoms with E-state index in [1.807, 2.05) is 12.1 Å². The monoisotopic (exact) mass is 250 g/mol. The molecule has 0 spiro atoms. The molecule has 0 saturated carbocycles. The van der Waals surface area contributed by atoms with Gasteiger partial charge in [-0.3, -0.25) is 4.79 Å². The normalized spacial score (nSPS) is 15.7. The molecule has 18 heavy (non-hydrogen) atoms. The Bertz CT molecular complexity index is 434. The summed E-state index contributed by atoms with van der Waals surface area (Å²) in [4.78, 5) is 11.7. The summed E-state index contributed by atoms with van der Waals surface area (Å²) in [5.41, 5.74) is 0.714. The lowest BCUT2D eigenvalue weighted by atomic mass is 10.2. The standard InChI is InChI=1S/C13H18N2O3/c1-9(14-2)13(16)15-10-4-5-11-12(8-10)18-7-3-6-17-11/h4-5,8-9,14H,3,6-7H2,1-2H3,(H,15,16). The van der Waals surface area contributed by atoms with Crippen LogP contribution < -0.4 is 20.1 Å². The fraction of sp³-hybridized carbons (Fsp3) is 0.462. The summed E-state index contributed by atoms with van der Waals surface area (Å²) in [5, 5.41) is 5.72. The molecule has 0 bridgehead atoms. The highest BCUT2D eigenvalue weighted by Crippen LogP contribution is 2.32. The first-order chi connectivity index (χ1) is 8.70. The Kier molecular flexibility index (Phi) is 4.04. The minimum absolute atomic E-state index is 0.0769. The van der Waals surface area contributed by atoms with Crippen molar-refractivity contribution in [3.05, 3.63) is 18.2 Å². The molecule has 5 nitrogen and oxygen atoms in total. The van der Waals surface area contributed by atoms with Crippen molar-refractivity contribution in [2.45, 2.75) is 19.4 Å². The van der Waals surface area contributed by atoms with E-state index in [1.54, 1.807) is 20.0 Å². The van der Waals surface area contributed by atoms with Gasteiger partial charge in [-0.15, -0.1) is 0 Å². The second-order valence-corrected chi connectivity index (χ2v) is 4.21. The van der Waals surface area contributed by atoms with Crippen molar-refractivity contribution in [1.29, 1.82) is 0 Å². The van der Waals surface area contributed by atoms with Gasteiger partial charge in [0.05, 0.1) is 19.3 Å². The molecule has 2 N–H and O–H groups in total. The Hall–Kier alpha value is -1.75. The highest BCUT2D eigenvalue weighted by molar-refractivity contribution is 5.94. The largest absolute Gasteiger partial charge is 0.490 e. The molecule has 1 aromatic rings. The van der Waals surface area contributed by atoms with Gasteiger partial charge in [0, 0.05) is 18.2 Å². The summed E-state index contributed by atoms with van der Waals surface area (Å²) in [6.45, 7) is 3.10. The van der Waals surface area contributed by atoms with Gasteiger partial charge in [-0.05, 0) is 26.1 Å². The molecule has 0 radical (unpaired) electrons. The van der Waals surface area contributed by atoms with E-state index >= 15 is 0 Å². The molecule has 0 aromatic heterocycles. The Morgan fingerprint density at radius 3 is 2.72 bits per heavy atom. The number of anilines is 1. The van der Waals surface area contributed by atoms with Crippen molar-refractivity contribution in [3.63, 3.8) is 0 Å². The maximum Gasteiger partial charge on any atom is 0.241 e. The lowest BCUT2D eigenvalue weighted by molar-refractivity contribution is -0.117. The maximum atomic E-state index is 11.7. The van der Waals surface area contributed by atoms with Crippen LogP contribution in [-0.4, -0.2) is 32.2 Å². The maximum absolute atomic E-state index is 11.7. The number of carbonyl (C=O) groups is 1. The molecule has 0 fully saturated rings. The predicted molar refractivity (Wildman–Crippen MR) is 69.2 cm³/mol. The van der Waals surface area contributed by atoms with Crippen LogP contribution in [0.3, 0.4) is 0 Å². The van der Waals surface area contributed by atoms with Crippen molar-refractivity contribution < 1.29 is 14.3 Å². The van der Waals surface area contributed by atoms with Gasteiger partial charge >= 0.3 is 0 Å². The fourth-order valence-electron chi connectivity index (χ4n) is 1.62. The second-order valence-electron chi connectivity index (χ2n) is 4.21. The van der Waals surface area contributed by atoms with E-state index in [0.717, 1.165) is 12.2 Å². The van der Waals surface area contributed by atoms with E-state index < -0.39 is 0 Å². The topological polar surface area (TPSA) is 59.6 Å². The zero-order chi connectivity index (χ0) is 13.0. The van der Waals surface area contributed by atoms with Crippen molar-refractivity contribution in [3.8, 4) is 11.5 Å². The number of hydrogen-bond acceptors (Lipinski definition) is 4. The third kappa shape index (κ3) is 2.92. The average Bonchev–Trinajstić information content (AvgIpc) is 2.62. The van der Waals surface area contributed by atoms with Crippen molar-refractivity contribution in [1.82, 2.24) is 5.32 Å². The minimum Gasteiger partial charge on any atom is -0.490 e. The molecule has 0 saturated heterocycles. The van der Waals surface area contributed by atoms with Crippen molar-refractivity contribution >= 4 is 11.6 Å². The molecule has 98 valence electrons. The van der Waals surface area contributed by atoms with E-state index in [1.165, 1.54) is 0 Å². The van der Waals surface area contributed by atoms with Gasteiger partial charge in [-0.1, -0.05) is 0 Å². The number of fused-ring (bicyclic) bond motifs is 1. The predicted octanol–water partition coefficient (Wildman–Crippen LogP) is 1.39. The van der Waals surface area contributed by atoms with E-state index in [4.69, 9.17) is 9.47 Å². The van der Waals surface area contributed by atoms with Crippen molar-refractivity contribution in [2.75, 3.05) is 25.6 Å². The summed E-state index contributed by atoms with van der Waals surface area (Å²) < 4.78 is 11.1. The van der Waals surface area contributed by atoms with Crippen LogP contribution in [0.2, 0.25) is 0 Å². The Morgan fingerprint density at radius 2 is 2.00 bits per heavy atom.